The smallest absolute Gasteiger partial charge is 0.225 e. The van der Waals surface area contributed by atoms with Crippen LogP contribution in [0.3, 0.4) is 0 Å². The van der Waals surface area contributed by atoms with Crippen LogP contribution in [0.15, 0.2) is 24.3 Å². The Kier molecular flexibility index (Phi) is 3.17. The fourth-order valence-electron chi connectivity index (χ4n) is 3.01. The molecular weight excluding hydrogens is 254 g/mol. The molecule has 0 saturated carbocycles. The van der Waals surface area contributed by atoms with Gasteiger partial charge in [0, 0.05) is 16.6 Å². The second-order valence-electron chi connectivity index (χ2n) is 4.99. The molecule has 1 aliphatic rings. The van der Waals surface area contributed by atoms with Gasteiger partial charge in [-0.05, 0) is 24.5 Å². The number of aromatic amines is 1. The quantitative estimate of drug-likeness (QED) is 0.893. The predicted octanol–water partition coefficient (Wildman–Crippen LogP) is 2.11. The predicted molar refractivity (Wildman–Crippen MR) is 73.8 cm³/mol. The molecule has 5 nitrogen and oxygen atoms in total. The van der Waals surface area contributed by atoms with Crippen molar-refractivity contribution in [2.24, 2.45) is 5.73 Å². The van der Waals surface area contributed by atoms with Crippen LogP contribution in [0.5, 0.6) is 0 Å². The fourth-order valence-corrected chi connectivity index (χ4v) is 3.01. The standard InChI is InChI=1S/C15H15N3O2/c16-7-8-20-12-6-5-10(15(17)19)13-9-3-1-2-4-11(9)18-14(12)13/h1-4,10,12,18H,5-6,8H2,(H2,17,19). The van der Waals surface area contributed by atoms with Crippen LogP contribution in [0.4, 0.5) is 0 Å². The Bertz CT molecular complexity index is 699. The zero-order valence-electron chi connectivity index (χ0n) is 10.9. The third kappa shape index (κ3) is 1.95. The van der Waals surface area contributed by atoms with Gasteiger partial charge < -0.3 is 15.5 Å². The molecule has 0 aliphatic heterocycles. The lowest BCUT2D eigenvalue weighted by molar-refractivity contribution is -0.120. The zero-order chi connectivity index (χ0) is 14.1. The lowest BCUT2D eigenvalue weighted by atomic mass is 9.83. The molecule has 3 N–H and O–H groups in total. The summed E-state index contributed by atoms with van der Waals surface area (Å²) in [6.07, 6.45) is 1.17. The summed E-state index contributed by atoms with van der Waals surface area (Å²) >= 11 is 0. The number of H-pyrrole nitrogens is 1. The molecule has 102 valence electrons. The van der Waals surface area contributed by atoms with Crippen LogP contribution in [0.2, 0.25) is 0 Å². The first-order valence-electron chi connectivity index (χ1n) is 6.60. The van der Waals surface area contributed by atoms with E-state index in [9.17, 15) is 4.79 Å². The van der Waals surface area contributed by atoms with Gasteiger partial charge in [0.05, 0.1) is 18.1 Å². The molecule has 1 aromatic heterocycles. The largest absolute Gasteiger partial charge is 0.369 e. The van der Waals surface area contributed by atoms with Crippen molar-refractivity contribution < 1.29 is 9.53 Å². The first kappa shape index (κ1) is 12.7. The molecule has 3 rings (SSSR count). The second-order valence-corrected chi connectivity index (χ2v) is 4.99. The van der Waals surface area contributed by atoms with Gasteiger partial charge in [0.2, 0.25) is 5.91 Å². The van der Waals surface area contributed by atoms with Gasteiger partial charge in [-0.2, -0.15) is 5.26 Å². The van der Waals surface area contributed by atoms with Gasteiger partial charge in [0.1, 0.15) is 6.61 Å². The van der Waals surface area contributed by atoms with E-state index in [0.29, 0.717) is 12.8 Å². The van der Waals surface area contributed by atoms with E-state index in [4.69, 9.17) is 15.7 Å². The van der Waals surface area contributed by atoms with Gasteiger partial charge in [0.25, 0.3) is 0 Å². The molecule has 5 heteroatoms. The number of benzene rings is 1. The average molecular weight is 269 g/mol. The first-order chi connectivity index (χ1) is 9.72. The van der Waals surface area contributed by atoms with Crippen molar-refractivity contribution in [2.45, 2.75) is 24.9 Å². The summed E-state index contributed by atoms with van der Waals surface area (Å²) in [6.45, 7) is 0.0424. The molecule has 1 aromatic carbocycles. The van der Waals surface area contributed by atoms with E-state index in [0.717, 1.165) is 22.2 Å². The summed E-state index contributed by atoms with van der Waals surface area (Å²) in [6, 6.07) is 9.81. The number of primary amides is 1. The van der Waals surface area contributed by atoms with Crippen molar-refractivity contribution in [1.82, 2.24) is 4.98 Å². The fraction of sp³-hybridized carbons (Fsp3) is 0.333. The number of hydrogen-bond donors (Lipinski definition) is 2. The number of hydrogen-bond acceptors (Lipinski definition) is 3. The number of fused-ring (bicyclic) bond motifs is 3. The number of nitrogens with zero attached hydrogens (tertiary/aromatic N) is 1. The Morgan fingerprint density at radius 1 is 1.45 bits per heavy atom. The van der Waals surface area contributed by atoms with Gasteiger partial charge >= 0.3 is 0 Å². The highest BCUT2D eigenvalue weighted by molar-refractivity contribution is 5.93. The molecule has 0 saturated heterocycles. The number of carbonyl (C=O) groups excluding carboxylic acids is 1. The molecule has 0 radical (unpaired) electrons. The third-order valence-corrected chi connectivity index (χ3v) is 3.86. The number of aromatic nitrogens is 1. The van der Waals surface area contributed by atoms with E-state index in [-0.39, 0.29) is 24.5 Å². The molecule has 0 bridgehead atoms. The van der Waals surface area contributed by atoms with Crippen LogP contribution in [-0.4, -0.2) is 17.5 Å². The number of carbonyl (C=O) groups is 1. The van der Waals surface area contributed by atoms with Crippen LogP contribution >= 0.6 is 0 Å². The number of para-hydroxylation sites is 1. The lowest BCUT2D eigenvalue weighted by Crippen LogP contribution is -2.27. The van der Waals surface area contributed by atoms with E-state index >= 15 is 0 Å². The lowest BCUT2D eigenvalue weighted by Gasteiger charge is -2.27. The van der Waals surface area contributed by atoms with Crippen molar-refractivity contribution in [1.29, 1.82) is 5.26 Å². The molecule has 1 heterocycles. The summed E-state index contributed by atoms with van der Waals surface area (Å²) in [5.74, 6) is -0.599. The zero-order valence-corrected chi connectivity index (χ0v) is 10.9. The maximum atomic E-state index is 11.7. The van der Waals surface area contributed by atoms with Gasteiger partial charge in [-0.25, -0.2) is 0 Å². The summed E-state index contributed by atoms with van der Waals surface area (Å²) in [7, 11) is 0. The Morgan fingerprint density at radius 3 is 3.00 bits per heavy atom. The molecule has 1 amide bonds. The van der Waals surface area contributed by atoms with Crippen LogP contribution < -0.4 is 5.73 Å². The van der Waals surface area contributed by atoms with Crippen molar-refractivity contribution >= 4 is 16.8 Å². The molecule has 0 fully saturated rings. The molecule has 20 heavy (non-hydrogen) atoms. The van der Waals surface area contributed by atoms with Crippen molar-refractivity contribution in [2.75, 3.05) is 6.61 Å². The van der Waals surface area contributed by atoms with E-state index < -0.39 is 0 Å². The topological polar surface area (TPSA) is 91.9 Å². The minimum Gasteiger partial charge on any atom is -0.369 e. The van der Waals surface area contributed by atoms with Gasteiger partial charge in [0.15, 0.2) is 0 Å². The van der Waals surface area contributed by atoms with Crippen molar-refractivity contribution in [3.8, 4) is 6.07 Å². The molecule has 2 atom stereocenters. The number of nitriles is 1. The molecule has 0 spiro atoms. The van der Waals surface area contributed by atoms with E-state index in [1.54, 1.807) is 0 Å². The van der Waals surface area contributed by atoms with Crippen molar-refractivity contribution in [3.05, 3.63) is 35.5 Å². The van der Waals surface area contributed by atoms with Gasteiger partial charge in [-0.1, -0.05) is 18.2 Å². The molecule has 2 unspecified atom stereocenters. The number of nitrogens with one attached hydrogen (secondary N) is 1. The maximum absolute atomic E-state index is 11.7. The van der Waals surface area contributed by atoms with E-state index in [1.807, 2.05) is 30.3 Å². The van der Waals surface area contributed by atoms with Crippen LogP contribution in [0, 0.1) is 11.3 Å². The summed E-state index contributed by atoms with van der Waals surface area (Å²) in [5.41, 5.74) is 8.32. The van der Waals surface area contributed by atoms with Crippen molar-refractivity contribution in [3.63, 3.8) is 0 Å². The SMILES string of the molecule is N#CCOC1CCC(C(N)=O)c2c1[nH]c1ccccc21. The maximum Gasteiger partial charge on any atom is 0.225 e. The second kappa shape index (κ2) is 4.99. The normalized spacial score (nSPS) is 21.4. The highest BCUT2D eigenvalue weighted by Gasteiger charge is 2.34. The highest BCUT2D eigenvalue weighted by Crippen LogP contribution is 2.42. The Hall–Kier alpha value is -2.32. The summed E-state index contributed by atoms with van der Waals surface area (Å²) in [5, 5.41) is 9.68. The number of amides is 1. The Balaban J connectivity index is 2.13. The minimum atomic E-state index is -0.310. The molecular formula is C15H15N3O2. The number of ether oxygens (including phenoxy) is 1. The minimum absolute atomic E-state index is 0.0424. The Morgan fingerprint density at radius 2 is 2.25 bits per heavy atom. The van der Waals surface area contributed by atoms with Crippen LogP contribution in [-0.2, 0) is 9.53 Å². The molecule has 2 aromatic rings. The monoisotopic (exact) mass is 269 g/mol. The highest BCUT2D eigenvalue weighted by atomic mass is 16.5. The first-order valence-corrected chi connectivity index (χ1v) is 6.60. The summed E-state index contributed by atoms with van der Waals surface area (Å²) < 4.78 is 5.57. The molecule has 1 aliphatic carbocycles. The van der Waals surface area contributed by atoms with E-state index in [2.05, 4.69) is 4.98 Å². The third-order valence-electron chi connectivity index (χ3n) is 3.86. The number of nitrogens with two attached hydrogens (primary N) is 1. The van der Waals surface area contributed by atoms with E-state index in [1.165, 1.54) is 0 Å². The number of rotatable bonds is 3. The van der Waals surface area contributed by atoms with Gasteiger partial charge in [-0.15, -0.1) is 0 Å². The van der Waals surface area contributed by atoms with Gasteiger partial charge in [-0.3, -0.25) is 4.79 Å². The Labute approximate surface area is 116 Å². The summed E-state index contributed by atoms with van der Waals surface area (Å²) in [4.78, 5) is 15.0. The van der Waals surface area contributed by atoms with Crippen LogP contribution in [0.25, 0.3) is 10.9 Å². The van der Waals surface area contributed by atoms with Crippen LogP contribution in [0.1, 0.15) is 36.1 Å². The average Bonchev–Trinajstić information content (AvgIpc) is 2.84.